The Labute approximate surface area is 165 Å². The van der Waals surface area contributed by atoms with Crippen molar-refractivity contribution in [2.75, 3.05) is 14.2 Å². The molecule has 29 heavy (non-hydrogen) atoms. The molecule has 154 valence electrons. The Morgan fingerprint density at radius 3 is 2.07 bits per heavy atom. The molecule has 0 aromatic heterocycles. The van der Waals surface area contributed by atoms with Gasteiger partial charge >= 0.3 is 6.18 Å². The number of hydrogen-bond donors (Lipinski definition) is 1. The Morgan fingerprint density at radius 1 is 1.07 bits per heavy atom. The van der Waals surface area contributed by atoms with Gasteiger partial charge in [-0.05, 0) is 47.5 Å². The molecule has 0 saturated carbocycles. The number of carbonyl (C=O) groups excluding carboxylic acids is 1. The van der Waals surface area contributed by atoms with E-state index in [0.29, 0.717) is 22.6 Å². The number of halogens is 3. The molecule has 1 unspecified atom stereocenters. The maximum Gasteiger partial charge on any atom is 0.438 e. The van der Waals surface area contributed by atoms with Crippen molar-refractivity contribution in [3.8, 4) is 11.5 Å². The van der Waals surface area contributed by atoms with Gasteiger partial charge in [-0.2, -0.15) is 23.3 Å². The average Bonchev–Trinajstić information content (AvgIpc) is 3.07. The molecular weight excluding hydrogens is 389 g/mol. The third kappa shape index (κ3) is 4.04. The molecule has 1 atom stereocenters. The maximum absolute atomic E-state index is 13.6. The van der Waals surface area contributed by atoms with Crippen LogP contribution in [0.3, 0.4) is 0 Å². The predicted octanol–water partition coefficient (Wildman–Crippen LogP) is 3.13. The largest absolute Gasteiger partial charge is 0.497 e. The Hall–Kier alpha value is -3.07. The summed E-state index contributed by atoms with van der Waals surface area (Å²) in [5.74, 6) is 0.0957. The first-order chi connectivity index (χ1) is 13.7. The minimum absolute atomic E-state index is 0.0458. The van der Waals surface area contributed by atoms with E-state index in [9.17, 15) is 23.1 Å². The number of amides is 1. The van der Waals surface area contributed by atoms with Crippen molar-refractivity contribution >= 4 is 11.6 Å². The van der Waals surface area contributed by atoms with E-state index in [4.69, 9.17) is 9.47 Å². The first kappa shape index (κ1) is 20.7. The second-order valence-corrected chi connectivity index (χ2v) is 6.50. The Balaban J connectivity index is 1.90. The zero-order chi connectivity index (χ0) is 21.2. The van der Waals surface area contributed by atoms with Crippen LogP contribution in [-0.2, 0) is 11.2 Å². The quantitative estimate of drug-likeness (QED) is 0.825. The first-order valence-corrected chi connectivity index (χ1v) is 8.65. The number of carbonyl (C=O) groups is 1. The van der Waals surface area contributed by atoms with Crippen molar-refractivity contribution in [3.63, 3.8) is 0 Å². The second-order valence-electron chi connectivity index (χ2n) is 6.50. The monoisotopic (exact) mass is 408 g/mol. The molecule has 3 rings (SSSR count). The Morgan fingerprint density at radius 2 is 1.59 bits per heavy atom. The lowest BCUT2D eigenvalue weighted by Gasteiger charge is -2.32. The van der Waals surface area contributed by atoms with Gasteiger partial charge in [-0.1, -0.05) is 12.1 Å². The highest BCUT2D eigenvalue weighted by Gasteiger charge is 2.63. The highest BCUT2D eigenvalue weighted by Crippen LogP contribution is 2.41. The number of methoxy groups -OCH3 is 2. The van der Waals surface area contributed by atoms with E-state index in [1.54, 1.807) is 36.4 Å². The predicted molar refractivity (Wildman–Crippen MR) is 98.7 cm³/mol. The maximum atomic E-state index is 13.6. The summed E-state index contributed by atoms with van der Waals surface area (Å²) in [5, 5.41) is 14.3. The van der Waals surface area contributed by atoms with Crippen LogP contribution >= 0.6 is 0 Å². The highest BCUT2D eigenvalue weighted by molar-refractivity contribution is 6.03. The van der Waals surface area contributed by atoms with Crippen LogP contribution in [0.1, 0.15) is 17.5 Å². The zero-order valence-corrected chi connectivity index (χ0v) is 15.7. The molecule has 0 spiro atoms. The molecule has 1 aliphatic rings. The third-order valence-corrected chi connectivity index (χ3v) is 4.61. The molecule has 2 aromatic rings. The van der Waals surface area contributed by atoms with Crippen LogP contribution in [0, 0.1) is 0 Å². The molecule has 1 aliphatic heterocycles. The normalized spacial score (nSPS) is 19.1. The van der Waals surface area contributed by atoms with Gasteiger partial charge < -0.3 is 14.6 Å². The number of rotatable bonds is 5. The van der Waals surface area contributed by atoms with Crippen LogP contribution in [0.4, 0.5) is 13.2 Å². The van der Waals surface area contributed by atoms with Gasteiger partial charge in [-0.15, -0.1) is 0 Å². The van der Waals surface area contributed by atoms with Crippen LogP contribution in [0.5, 0.6) is 11.5 Å². The average molecular weight is 408 g/mol. The number of alkyl halides is 3. The van der Waals surface area contributed by atoms with E-state index in [2.05, 4.69) is 5.10 Å². The molecule has 0 saturated heterocycles. The number of benzene rings is 2. The van der Waals surface area contributed by atoms with Crippen molar-refractivity contribution in [2.24, 2.45) is 5.10 Å². The summed E-state index contributed by atoms with van der Waals surface area (Å²) in [6.45, 7) is 0. The zero-order valence-electron chi connectivity index (χ0n) is 15.7. The van der Waals surface area contributed by atoms with E-state index in [1.165, 1.54) is 26.4 Å². The second kappa shape index (κ2) is 7.75. The van der Waals surface area contributed by atoms with E-state index in [1.807, 2.05) is 0 Å². The van der Waals surface area contributed by atoms with Crippen molar-refractivity contribution in [2.45, 2.75) is 24.7 Å². The molecule has 6 nitrogen and oxygen atoms in total. The van der Waals surface area contributed by atoms with Crippen molar-refractivity contribution < 1.29 is 32.5 Å². The Bertz CT molecular complexity index is 911. The first-order valence-electron chi connectivity index (χ1n) is 8.65. The molecule has 9 heteroatoms. The lowest BCUT2D eigenvalue weighted by molar-refractivity contribution is -0.302. The third-order valence-electron chi connectivity index (χ3n) is 4.61. The van der Waals surface area contributed by atoms with Crippen LogP contribution in [0.25, 0.3) is 0 Å². The fraction of sp³-hybridized carbons (Fsp3) is 0.300. The number of ether oxygens (including phenoxy) is 2. The topological polar surface area (TPSA) is 71.4 Å². The molecular formula is C20H19F3N2O4. The van der Waals surface area contributed by atoms with Gasteiger partial charge in [0.25, 0.3) is 5.72 Å². The summed E-state index contributed by atoms with van der Waals surface area (Å²) in [6, 6.07) is 12.5. The van der Waals surface area contributed by atoms with Gasteiger partial charge in [-0.25, -0.2) is 0 Å². The molecule has 1 N–H and O–H groups in total. The van der Waals surface area contributed by atoms with E-state index in [0.717, 1.165) is 0 Å². The lowest BCUT2D eigenvalue weighted by atomic mass is 10.0. The molecule has 1 heterocycles. The van der Waals surface area contributed by atoms with Gasteiger partial charge in [-0.3, -0.25) is 4.79 Å². The molecule has 1 amide bonds. The van der Waals surface area contributed by atoms with E-state index < -0.39 is 24.2 Å². The van der Waals surface area contributed by atoms with Crippen LogP contribution < -0.4 is 9.47 Å². The van der Waals surface area contributed by atoms with Crippen LogP contribution in [-0.4, -0.2) is 47.9 Å². The number of hydrazone groups is 1. The standard InChI is InChI=1S/C20H19F3N2O4/c1-28-15-7-3-13(4-8-15)11-18(26)25-19(27,20(21,22)23)12-17(24-25)14-5-9-16(29-2)10-6-14/h3-10,27H,11-12H2,1-2H3. The van der Waals surface area contributed by atoms with Crippen molar-refractivity contribution in [1.82, 2.24) is 5.01 Å². The van der Waals surface area contributed by atoms with E-state index >= 15 is 0 Å². The number of nitrogens with zero attached hydrogens (tertiary/aromatic N) is 2. The summed E-state index contributed by atoms with van der Waals surface area (Å²) in [7, 11) is 2.94. The fourth-order valence-corrected chi connectivity index (χ4v) is 2.97. The molecule has 2 aromatic carbocycles. The van der Waals surface area contributed by atoms with Crippen LogP contribution in [0.15, 0.2) is 53.6 Å². The van der Waals surface area contributed by atoms with Gasteiger partial charge in [0.1, 0.15) is 11.5 Å². The summed E-state index contributed by atoms with van der Waals surface area (Å²) >= 11 is 0. The summed E-state index contributed by atoms with van der Waals surface area (Å²) in [4.78, 5) is 12.6. The van der Waals surface area contributed by atoms with Gasteiger partial charge in [0.05, 0.1) is 32.8 Å². The van der Waals surface area contributed by atoms with Crippen molar-refractivity contribution in [1.29, 1.82) is 0 Å². The SMILES string of the molecule is COc1ccc(CC(=O)N2N=C(c3ccc(OC)cc3)CC2(O)C(F)(F)F)cc1. The van der Waals surface area contributed by atoms with Gasteiger partial charge in [0, 0.05) is 0 Å². The number of aliphatic hydroxyl groups is 1. The van der Waals surface area contributed by atoms with Gasteiger partial charge in [0.2, 0.25) is 5.91 Å². The Kier molecular flexibility index (Phi) is 5.52. The minimum Gasteiger partial charge on any atom is -0.497 e. The van der Waals surface area contributed by atoms with Crippen molar-refractivity contribution in [3.05, 3.63) is 59.7 Å². The minimum atomic E-state index is -5.08. The lowest BCUT2D eigenvalue weighted by Crippen LogP contribution is -2.57. The fourth-order valence-electron chi connectivity index (χ4n) is 2.97. The highest BCUT2D eigenvalue weighted by atomic mass is 19.4. The molecule has 0 aliphatic carbocycles. The van der Waals surface area contributed by atoms with E-state index in [-0.39, 0.29) is 17.1 Å². The molecule has 0 radical (unpaired) electrons. The van der Waals surface area contributed by atoms with Gasteiger partial charge in [0.15, 0.2) is 0 Å². The number of hydrogen-bond acceptors (Lipinski definition) is 5. The molecule has 0 fully saturated rings. The van der Waals surface area contributed by atoms with Crippen LogP contribution in [0.2, 0.25) is 0 Å². The smallest absolute Gasteiger partial charge is 0.438 e. The summed E-state index contributed by atoms with van der Waals surface area (Å²) in [6.07, 6.45) is -6.31. The summed E-state index contributed by atoms with van der Waals surface area (Å²) in [5.41, 5.74) is -2.64. The molecule has 0 bridgehead atoms. The summed E-state index contributed by atoms with van der Waals surface area (Å²) < 4.78 is 51.0.